The van der Waals surface area contributed by atoms with Crippen molar-refractivity contribution in [2.45, 2.75) is 13.0 Å². The van der Waals surface area contributed by atoms with Crippen LogP contribution in [0.3, 0.4) is 0 Å². The molecule has 0 aliphatic rings. The van der Waals surface area contributed by atoms with Gasteiger partial charge in [0.2, 0.25) is 0 Å². The average Bonchev–Trinajstić information content (AvgIpc) is 2.90. The van der Waals surface area contributed by atoms with Crippen molar-refractivity contribution in [3.8, 4) is 0 Å². The predicted octanol–water partition coefficient (Wildman–Crippen LogP) is 2.00. The van der Waals surface area contributed by atoms with Crippen LogP contribution in [0.2, 0.25) is 0 Å². The SMILES string of the molecule is O=C(NCCCn1cncn1)c1cc(Br)ccc1F. The van der Waals surface area contributed by atoms with Gasteiger partial charge in [-0.25, -0.2) is 9.37 Å². The van der Waals surface area contributed by atoms with E-state index in [2.05, 4.69) is 31.3 Å². The fraction of sp³-hybridized carbons (Fsp3) is 0.250. The van der Waals surface area contributed by atoms with E-state index in [1.165, 1.54) is 18.5 Å². The predicted molar refractivity (Wildman–Crippen MR) is 71.1 cm³/mol. The molecule has 19 heavy (non-hydrogen) atoms. The van der Waals surface area contributed by atoms with E-state index in [4.69, 9.17) is 0 Å². The Balaban J connectivity index is 1.82. The lowest BCUT2D eigenvalue weighted by atomic mass is 10.2. The lowest BCUT2D eigenvalue weighted by molar-refractivity contribution is 0.0948. The van der Waals surface area contributed by atoms with Crippen molar-refractivity contribution in [2.75, 3.05) is 6.54 Å². The summed E-state index contributed by atoms with van der Waals surface area (Å²) in [4.78, 5) is 15.6. The van der Waals surface area contributed by atoms with E-state index in [9.17, 15) is 9.18 Å². The van der Waals surface area contributed by atoms with Crippen molar-refractivity contribution in [3.63, 3.8) is 0 Å². The lowest BCUT2D eigenvalue weighted by Gasteiger charge is -2.06. The van der Waals surface area contributed by atoms with E-state index < -0.39 is 11.7 Å². The van der Waals surface area contributed by atoms with Crippen molar-refractivity contribution < 1.29 is 9.18 Å². The number of carbonyl (C=O) groups excluding carboxylic acids is 1. The van der Waals surface area contributed by atoms with Gasteiger partial charge in [0.15, 0.2) is 0 Å². The Morgan fingerprint density at radius 1 is 1.47 bits per heavy atom. The second-order valence-corrected chi connectivity index (χ2v) is 4.81. The van der Waals surface area contributed by atoms with Crippen LogP contribution in [-0.2, 0) is 6.54 Å². The van der Waals surface area contributed by atoms with E-state index in [0.29, 0.717) is 24.0 Å². The fourth-order valence-electron chi connectivity index (χ4n) is 1.56. The normalized spacial score (nSPS) is 10.4. The molecule has 2 rings (SSSR count). The summed E-state index contributed by atoms with van der Waals surface area (Å²) in [5, 5.41) is 6.61. The second kappa shape index (κ2) is 6.42. The molecule has 0 saturated carbocycles. The zero-order chi connectivity index (χ0) is 13.7. The van der Waals surface area contributed by atoms with Gasteiger partial charge in [0.25, 0.3) is 5.91 Å². The van der Waals surface area contributed by atoms with E-state index in [1.54, 1.807) is 17.1 Å². The molecule has 2 aromatic rings. The smallest absolute Gasteiger partial charge is 0.254 e. The summed E-state index contributed by atoms with van der Waals surface area (Å²) in [6, 6.07) is 4.27. The summed E-state index contributed by atoms with van der Waals surface area (Å²) >= 11 is 3.21. The maximum absolute atomic E-state index is 13.4. The molecule has 1 heterocycles. The zero-order valence-corrected chi connectivity index (χ0v) is 11.6. The highest BCUT2D eigenvalue weighted by Crippen LogP contribution is 2.15. The molecule has 5 nitrogen and oxygen atoms in total. The minimum absolute atomic E-state index is 0.0372. The van der Waals surface area contributed by atoms with Crippen LogP contribution in [0, 0.1) is 5.82 Å². The first-order valence-corrected chi connectivity index (χ1v) is 6.52. The van der Waals surface area contributed by atoms with Crippen LogP contribution in [0.5, 0.6) is 0 Å². The molecule has 100 valence electrons. The average molecular weight is 327 g/mol. The molecule has 0 saturated heterocycles. The standard InChI is InChI=1S/C12H12BrFN4O/c13-9-2-3-11(14)10(6-9)12(19)16-4-1-5-18-8-15-7-17-18/h2-3,6-8H,1,4-5H2,(H,16,19). The molecule has 0 unspecified atom stereocenters. The number of hydrogen-bond donors (Lipinski definition) is 1. The van der Waals surface area contributed by atoms with E-state index in [-0.39, 0.29) is 5.56 Å². The molecular weight excluding hydrogens is 315 g/mol. The molecule has 0 atom stereocenters. The Bertz CT molecular complexity index is 559. The molecule has 0 bridgehead atoms. The van der Waals surface area contributed by atoms with Crippen LogP contribution >= 0.6 is 15.9 Å². The van der Waals surface area contributed by atoms with Gasteiger partial charge in [-0.1, -0.05) is 15.9 Å². The van der Waals surface area contributed by atoms with Gasteiger partial charge in [0.05, 0.1) is 5.56 Å². The summed E-state index contributed by atoms with van der Waals surface area (Å²) in [5.74, 6) is -0.950. The Labute approximate surface area is 118 Å². The summed E-state index contributed by atoms with van der Waals surface area (Å²) in [5.41, 5.74) is 0.0372. The number of carbonyl (C=O) groups is 1. The van der Waals surface area contributed by atoms with Gasteiger partial charge >= 0.3 is 0 Å². The van der Waals surface area contributed by atoms with Crippen LogP contribution in [0.1, 0.15) is 16.8 Å². The van der Waals surface area contributed by atoms with Gasteiger partial charge in [0.1, 0.15) is 18.5 Å². The van der Waals surface area contributed by atoms with Gasteiger partial charge in [-0.15, -0.1) is 0 Å². The lowest BCUT2D eigenvalue weighted by Crippen LogP contribution is -2.26. The van der Waals surface area contributed by atoms with Crippen LogP contribution < -0.4 is 5.32 Å². The van der Waals surface area contributed by atoms with Gasteiger partial charge in [-0.3, -0.25) is 9.48 Å². The van der Waals surface area contributed by atoms with Crippen LogP contribution in [0.15, 0.2) is 35.3 Å². The fourth-order valence-corrected chi connectivity index (χ4v) is 1.92. The minimum Gasteiger partial charge on any atom is -0.352 e. The van der Waals surface area contributed by atoms with Crippen LogP contribution in [-0.4, -0.2) is 27.2 Å². The van der Waals surface area contributed by atoms with E-state index in [1.807, 2.05) is 0 Å². The molecule has 0 aliphatic heterocycles. The first-order valence-electron chi connectivity index (χ1n) is 5.72. The van der Waals surface area contributed by atoms with Gasteiger partial charge in [-0.05, 0) is 24.6 Å². The monoisotopic (exact) mass is 326 g/mol. The minimum atomic E-state index is -0.531. The third-order valence-electron chi connectivity index (χ3n) is 2.49. The van der Waals surface area contributed by atoms with Gasteiger partial charge < -0.3 is 5.32 Å². The van der Waals surface area contributed by atoms with Gasteiger partial charge in [0, 0.05) is 17.6 Å². The Hall–Kier alpha value is -1.76. The first kappa shape index (κ1) is 13.7. The molecule has 0 spiro atoms. The number of aromatic nitrogens is 3. The molecule has 0 aliphatic carbocycles. The van der Waals surface area contributed by atoms with Crippen molar-refractivity contribution in [1.82, 2.24) is 20.1 Å². The Morgan fingerprint density at radius 3 is 3.05 bits per heavy atom. The number of nitrogens with zero attached hydrogens (tertiary/aromatic N) is 3. The molecule has 1 N–H and O–H groups in total. The topological polar surface area (TPSA) is 59.8 Å². The molecule has 0 fully saturated rings. The summed E-state index contributed by atoms with van der Waals surface area (Å²) < 4.78 is 15.8. The number of aryl methyl sites for hydroxylation is 1. The zero-order valence-electron chi connectivity index (χ0n) is 10.0. The van der Waals surface area contributed by atoms with E-state index in [0.717, 1.165) is 0 Å². The summed E-state index contributed by atoms with van der Waals surface area (Å²) in [7, 11) is 0. The van der Waals surface area contributed by atoms with Crippen LogP contribution in [0.4, 0.5) is 4.39 Å². The molecule has 1 amide bonds. The summed E-state index contributed by atoms with van der Waals surface area (Å²) in [6.07, 6.45) is 3.76. The maximum atomic E-state index is 13.4. The van der Waals surface area contributed by atoms with Crippen LogP contribution in [0.25, 0.3) is 0 Å². The second-order valence-electron chi connectivity index (χ2n) is 3.89. The van der Waals surface area contributed by atoms with Crippen molar-refractivity contribution in [1.29, 1.82) is 0 Å². The summed E-state index contributed by atoms with van der Waals surface area (Å²) in [6.45, 7) is 1.10. The number of rotatable bonds is 5. The van der Waals surface area contributed by atoms with Crippen molar-refractivity contribution >= 4 is 21.8 Å². The van der Waals surface area contributed by atoms with E-state index >= 15 is 0 Å². The maximum Gasteiger partial charge on any atom is 0.254 e. The highest BCUT2D eigenvalue weighted by atomic mass is 79.9. The molecule has 1 aromatic carbocycles. The molecule has 0 radical (unpaired) electrons. The number of nitrogens with one attached hydrogen (secondary N) is 1. The van der Waals surface area contributed by atoms with Gasteiger partial charge in [-0.2, -0.15) is 5.10 Å². The Kier molecular flexibility index (Phi) is 4.62. The molecular formula is C12H12BrFN4O. The quantitative estimate of drug-likeness (QED) is 0.855. The number of halogens is 2. The number of benzene rings is 1. The molecule has 1 aromatic heterocycles. The number of amides is 1. The third-order valence-corrected chi connectivity index (χ3v) is 2.98. The highest BCUT2D eigenvalue weighted by Gasteiger charge is 2.11. The van der Waals surface area contributed by atoms with Crippen molar-refractivity contribution in [2.24, 2.45) is 0 Å². The Morgan fingerprint density at radius 2 is 2.32 bits per heavy atom. The van der Waals surface area contributed by atoms with Crippen molar-refractivity contribution in [3.05, 3.63) is 46.7 Å². The largest absolute Gasteiger partial charge is 0.352 e. The highest BCUT2D eigenvalue weighted by molar-refractivity contribution is 9.10. The first-order chi connectivity index (χ1) is 9.16. The third kappa shape index (κ3) is 3.85. The molecule has 7 heteroatoms. The number of hydrogen-bond acceptors (Lipinski definition) is 3.